The van der Waals surface area contributed by atoms with Crippen molar-refractivity contribution in [3.8, 4) is 6.07 Å². The molecule has 1 fully saturated rings. The fraction of sp³-hybridized carbons (Fsp3) is 0.333. The van der Waals surface area contributed by atoms with Crippen molar-refractivity contribution < 1.29 is 9.00 Å². The van der Waals surface area contributed by atoms with Gasteiger partial charge in [-0.05, 0) is 94.0 Å². The normalized spacial score (nSPS) is 15.5. The lowest BCUT2D eigenvalue weighted by molar-refractivity contribution is 0.0713. The van der Waals surface area contributed by atoms with Gasteiger partial charge in [-0.2, -0.15) is 5.26 Å². The van der Waals surface area contributed by atoms with Crippen molar-refractivity contribution >= 4 is 22.6 Å². The van der Waals surface area contributed by atoms with Crippen molar-refractivity contribution in [1.29, 1.82) is 5.26 Å². The average Bonchev–Trinajstić information content (AvgIpc) is 2.89. The lowest BCUT2D eigenvalue weighted by Crippen LogP contribution is -2.38. The number of allylic oxidation sites excluding steroid dienone is 3. The zero-order valence-corrected chi connectivity index (χ0v) is 22.9. The minimum absolute atomic E-state index is 0.0191. The molecular weight excluding hydrogens is 480 g/mol. The summed E-state index contributed by atoms with van der Waals surface area (Å²) in [4.78, 5) is 15.8. The maximum atomic E-state index is 13.3. The summed E-state index contributed by atoms with van der Waals surface area (Å²) in [5, 5.41) is 12.2. The van der Waals surface area contributed by atoms with Gasteiger partial charge in [0, 0.05) is 30.4 Å². The standard InChI is InChI=1S/C30H36N4O2S/c1-6-28(14-8-23(5)32-21(2)3)37(36)33-29-19-27(11-7-22(29)4)30(35)34-17-15-26(16-18-34)25-12-9-24(20-31)10-13-25/h6-14,19,21,26,32-33H,5,15-18H2,1-4H3/b14-8-,28-6+. The zero-order valence-electron chi connectivity index (χ0n) is 22.1. The molecule has 1 heterocycles. The molecule has 194 valence electrons. The number of hydrogen-bond donors (Lipinski definition) is 2. The predicted octanol–water partition coefficient (Wildman–Crippen LogP) is 5.93. The largest absolute Gasteiger partial charge is 0.383 e. The van der Waals surface area contributed by atoms with Crippen molar-refractivity contribution in [2.75, 3.05) is 17.8 Å². The second kappa shape index (κ2) is 13.1. The Morgan fingerprint density at radius 3 is 2.43 bits per heavy atom. The first-order chi connectivity index (χ1) is 17.7. The Balaban J connectivity index is 1.64. The predicted molar refractivity (Wildman–Crippen MR) is 152 cm³/mol. The molecule has 3 rings (SSSR count). The van der Waals surface area contributed by atoms with Crippen molar-refractivity contribution in [2.45, 2.75) is 52.5 Å². The fourth-order valence-electron chi connectivity index (χ4n) is 4.32. The van der Waals surface area contributed by atoms with Crippen LogP contribution in [0.2, 0.25) is 0 Å². The highest BCUT2D eigenvalue weighted by Crippen LogP contribution is 2.29. The van der Waals surface area contributed by atoms with Crippen molar-refractivity contribution in [3.63, 3.8) is 0 Å². The molecule has 1 atom stereocenters. The Hall–Kier alpha value is -3.63. The second-order valence-corrected chi connectivity index (χ2v) is 10.8. The van der Waals surface area contributed by atoms with E-state index in [0.717, 1.165) is 24.1 Å². The smallest absolute Gasteiger partial charge is 0.253 e. The molecule has 1 aliphatic rings. The summed E-state index contributed by atoms with van der Waals surface area (Å²) < 4.78 is 16.1. The summed E-state index contributed by atoms with van der Waals surface area (Å²) in [6.45, 7) is 13.1. The zero-order chi connectivity index (χ0) is 26.9. The van der Waals surface area contributed by atoms with Crippen LogP contribution in [0.3, 0.4) is 0 Å². The van der Waals surface area contributed by atoms with Crippen molar-refractivity contribution in [3.05, 3.63) is 100 Å². The maximum Gasteiger partial charge on any atom is 0.253 e. The Morgan fingerprint density at radius 2 is 1.84 bits per heavy atom. The van der Waals surface area contributed by atoms with Crippen LogP contribution in [0.5, 0.6) is 0 Å². The Labute approximate surface area is 223 Å². The number of piperidine rings is 1. The highest BCUT2D eigenvalue weighted by molar-refractivity contribution is 7.90. The molecule has 0 bridgehead atoms. The number of nitrogens with zero attached hydrogens (tertiary/aromatic N) is 2. The number of nitrogens with one attached hydrogen (secondary N) is 2. The minimum Gasteiger partial charge on any atom is -0.383 e. The Kier molecular flexibility index (Phi) is 9.87. The van der Waals surface area contributed by atoms with Gasteiger partial charge in [-0.3, -0.25) is 4.79 Å². The molecule has 0 saturated carbocycles. The quantitative estimate of drug-likeness (QED) is 0.404. The number of benzene rings is 2. The summed E-state index contributed by atoms with van der Waals surface area (Å²) in [7, 11) is -1.49. The second-order valence-electron chi connectivity index (χ2n) is 9.55. The number of nitriles is 1. The van der Waals surface area contributed by atoms with Crippen molar-refractivity contribution in [2.24, 2.45) is 0 Å². The van der Waals surface area contributed by atoms with E-state index in [0.29, 0.717) is 40.7 Å². The molecule has 0 aromatic heterocycles. The van der Waals surface area contributed by atoms with Gasteiger partial charge in [0.15, 0.2) is 0 Å². The lowest BCUT2D eigenvalue weighted by atomic mass is 9.89. The van der Waals surface area contributed by atoms with Crippen LogP contribution in [0.1, 0.15) is 66.6 Å². The molecule has 1 aliphatic heterocycles. The van der Waals surface area contributed by atoms with E-state index in [2.05, 4.69) is 22.7 Å². The molecule has 1 unspecified atom stereocenters. The van der Waals surface area contributed by atoms with Gasteiger partial charge in [0.2, 0.25) is 0 Å². The number of aryl methyl sites for hydroxylation is 1. The fourth-order valence-corrected chi connectivity index (χ4v) is 5.26. The number of likely N-dealkylation sites (tertiary alicyclic amines) is 1. The van der Waals surface area contributed by atoms with Gasteiger partial charge in [0.1, 0.15) is 11.0 Å². The molecule has 2 aromatic carbocycles. The van der Waals surface area contributed by atoms with Crippen LogP contribution in [0, 0.1) is 18.3 Å². The van der Waals surface area contributed by atoms with Crippen LogP contribution >= 0.6 is 0 Å². The van der Waals surface area contributed by atoms with Crippen molar-refractivity contribution in [1.82, 2.24) is 10.2 Å². The monoisotopic (exact) mass is 516 g/mol. The molecule has 2 N–H and O–H groups in total. The first kappa shape index (κ1) is 27.9. The topological polar surface area (TPSA) is 85.2 Å². The SMILES string of the molecule is C=C(/C=C\C(=C/C)S(=O)Nc1cc(C(=O)N2CCC(c3ccc(C#N)cc3)CC2)ccc1C)NC(C)C. The molecule has 2 aromatic rings. The first-order valence-corrected chi connectivity index (χ1v) is 13.7. The highest BCUT2D eigenvalue weighted by atomic mass is 32.2. The molecule has 37 heavy (non-hydrogen) atoms. The molecule has 1 saturated heterocycles. The number of rotatable bonds is 9. The van der Waals surface area contributed by atoms with Crippen LogP contribution in [0.15, 0.2) is 77.9 Å². The summed E-state index contributed by atoms with van der Waals surface area (Å²) in [5.41, 5.74) is 4.78. The van der Waals surface area contributed by atoms with Crippen LogP contribution in [-0.4, -0.2) is 34.1 Å². The summed E-state index contributed by atoms with van der Waals surface area (Å²) in [6.07, 6.45) is 7.15. The van der Waals surface area contributed by atoms with E-state index < -0.39 is 11.0 Å². The maximum absolute atomic E-state index is 13.3. The van der Waals surface area contributed by atoms with Crippen LogP contribution in [0.25, 0.3) is 0 Å². The van der Waals surface area contributed by atoms with Crippen LogP contribution < -0.4 is 10.0 Å². The minimum atomic E-state index is -1.49. The van der Waals surface area contributed by atoms with E-state index >= 15 is 0 Å². The number of carbonyl (C=O) groups is 1. The van der Waals surface area contributed by atoms with E-state index in [4.69, 9.17) is 5.26 Å². The molecule has 6 nitrogen and oxygen atoms in total. The third kappa shape index (κ3) is 7.68. The van der Waals surface area contributed by atoms with Crippen LogP contribution in [-0.2, 0) is 11.0 Å². The number of hydrogen-bond acceptors (Lipinski definition) is 4. The number of anilines is 1. The molecule has 0 spiro atoms. The number of carbonyl (C=O) groups excluding carboxylic acids is 1. The molecule has 7 heteroatoms. The first-order valence-electron chi connectivity index (χ1n) is 12.6. The summed E-state index contributed by atoms with van der Waals surface area (Å²) in [6, 6.07) is 15.7. The third-order valence-corrected chi connectivity index (χ3v) is 7.61. The van der Waals surface area contributed by atoms with Gasteiger partial charge in [-0.1, -0.05) is 30.9 Å². The van der Waals surface area contributed by atoms with Crippen LogP contribution in [0.4, 0.5) is 5.69 Å². The molecule has 1 amide bonds. The van der Waals surface area contributed by atoms with Gasteiger partial charge in [0.05, 0.1) is 22.2 Å². The highest BCUT2D eigenvalue weighted by Gasteiger charge is 2.25. The third-order valence-electron chi connectivity index (χ3n) is 6.40. The van der Waals surface area contributed by atoms with Gasteiger partial charge >= 0.3 is 0 Å². The Morgan fingerprint density at radius 1 is 1.16 bits per heavy atom. The van der Waals surface area contributed by atoms with E-state index in [-0.39, 0.29) is 11.9 Å². The molecule has 0 aliphatic carbocycles. The average molecular weight is 517 g/mol. The van der Waals surface area contributed by atoms with Gasteiger partial charge in [0.25, 0.3) is 5.91 Å². The van der Waals surface area contributed by atoms with E-state index in [1.165, 1.54) is 5.56 Å². The number of amides is 1. The summed E-state index contributed by atoms with van der Waals surface area (Å²) >= 11 is 0. The van der Waals surface area contributed by atoms with E-state index in [1.54, 1.807) is 18.2 Å². The molecule has 0 radical (unpaired) electrons. The van der Waals surface area contributed by atoms with E-state index in [9.17, 15) is 9.00 Å². The van der Waals surface area contributed by atoms with Gasteiger partial charge < -0.3 is 14.9 Å². The molecular formula is C30H36N4O2S. The lowest BCUT2D eigenvalue weighted by Gasteiger charge is -2.32. The Bertz CT molecular complexity index is 1250. The van der Waals surface area contributed by atoms with Gasteiger partial charge in [-0.25, -0.2) is 4.21 Å². The van der Waals surface area contributed by atoms with Gasteiger partial charge in [-0.15, -0.1) is 0 Å². The van der Waals surface area contributed by atoms with E-state index in [1.807, 2.05) is 75.1 Å². The summed E-state index contributed by atoms with van der Waals surface area (Å²) in [5.74, 6) is 0.364.